The Labute approximate surface area is 117 Å². The largest absolute Gasteiger partial charge is 0.459 e. The topological polar surface area (TPSA) is 70.4 Å². The molecule has 0 spiro atoms. The molecule has 4 nitrogen and oxygen atoms in total. The summed E-state index contributed by atoms with van der Waals surface area (Å²) in [5.41, 5.74) is -1.01. The van der Waals surface area contributed by atoms with E-state index in [1.54, 1.807) is 0 Å². The molecule has 2 unspecified atom stereocenters. The highest BCUT2D eigenvalue weighted by atomic mass is 19.4. The fraction of sp³-hybridized carbons (Fsp3) is 0.385. The second-order valence-corrected chi connectivity index (χ2v) is 4.25. The molecule has 0 fully saturated rings. The summed E-state index contributed by atoms with van der Waals surface area (Å²) in [6, 6.07) is 3.37. The van der Waals surface area contributed by atoms with Gasteiger partial charge in [-0.05, 0) is 24.3 Å². The number of aliphatic hydroxyl groups excluding tert-OH is 1. The van der Waals surface area contributed by atoms with Gasteiger partial charge in [0.1, 0.15) is 12.8 Å². The number of carbonyl (C=O) groups excluding carboxylic acids is 1. The lowest BCUT2D eigenvalue weighted by Crippen LogP contribution is -2.23. The summed E-state index contributed by atoms with van der Waals surface area (Å²) in [5.74, 6) is -0.923. The van der Waals surface area contributed by atoms with Crippen molar-refractivity contribution in [1.82, 2.24) is 0 Å². The summed E-state index contributed by atoms with van der Waals surface area (Å²) in [5, 5.41) is 15.9. The first kappa shape index (κ1) is 17.1. The number of aliphatic hydroxyl groups is 1. The zero-order valence-corrected chi connectivity index (χ0v) is 10.7. The third-order valence-electron chi connectivity index (χ3n) is 2.53. The molecule has 0 aliphatic heterocycles. The van der Waals surface area contributed by atoms with Gasteiger partial charge in [0, 0.05) is 12.6 Å². The SMILES string of the molecule is N=CC(F)CC(O)COC(=O)c1ccc(C(F)(F)F)cc1. The Hall–Kier alpha value is -1.96. The molecule has 0 aliphatic carbocycles. The molecular weight excluding hydrogens is 294 g/mol. The van der Waals surface area contributed by atoms with Crippen LogP contribution in [-0.4, -0.2) is 36.2 Å². The molecule has 0 saturated carbocycles. The van der Waals surface area contributed by atoms with Crippen LogP contribution in [0.25, 0.3) is 0 Å². The fourth-order valence-electron chi connectivity index (χ4n) is 1.45. The Morgan fingerprint density at radius 1 is 1.33 bits per heavy atom. The number of esters is 1. The van der Waals surface area contributed by atoms with E-state index in [9.17, 15) is 27.5 Å². The molecule has 0 aromatic heterocycles. The quantitative estimate of drug-likeness (QED) is 0.482. The Kier molecular flexibility index (Phi) is 5.83. The van der Waals surface area contributed by atoms with Crippen LogP contribution in [0.1, 0.15) is 22.3 Å². The van der Waals surface area contributed by atoms with E-state index in [2.05, 4.69) is 4.74 Å². The van der Waals surface area contributed by atoms with Gasteiger partial charge in [-0.1, -0.05) is 0 Å². The fourth-order valence-corrected chi connectivity index (χ4v) is 1.45. The van der Waals surface area contributed by atoms with Crippen molar-refractivity contribution in [2.24, 2.45) is 0 Å². The van der Waals surface area contributed by atoms with Gasteiger partial charge in [-0.2, -0.15) is 13.2 Å². The molecule has 21 heavy (non-hydrogen) atoms. The van der Waals surface area contributed by atoms with Crippen LogP contribution in [0.5, 0.6) is 0 Å². The van der Waals surface area contributed by atoms with Gasteiger partial charge >= 0.3 is 12.1 Å². The molecule has 0 radical (unpaired) electrons. The zero-order valence-electron chi connectivity index (χ0n) is 10.7. The van der Waals surface area contributed by atoms with Crippen LogP contribution in [0, 0.1) is 5.41 Å². The molecule has 0 saturated heterocycles. The normalized spacial score (nSPS) is 14.3. The Bertz CT molecular complexity index is 487. The molecule has 0 amide bonds. The molecule has 1 rings (SSSR count). The van der Waals surface area contributed by atoms with Crippen LogP contribution in [-0.2, 0) is 10.9 Å². The minimum atomic E-state index is -4.50. The first-order valence-electron chi connectivity index (χ1n) is 5.91. The van der Waals surface area contributed by atoms with E-state index in [4.69, 9.17) is 5.41 Å². The van der Waals surface area contributed by atoms with E-state index in [1.807, 2.05) is 0 Å². The van der Waals surface area contributed by atoms with Crippen molar-refractivity contribution in [1.29, 1.82) is 5.41 Å². The van der Waals surface area contributed by atoms with Gasteiger partial charge in [-0.25, -0.2) is 9.18 Å². The Balaban J connectivity index is 2.54. The molecule has 1 aromatic rings. The molecule has 2 atom stereocenters. The average Bonchev–Trinajstić information content (AvgIpc) is 2.43. The van der Waals surface area contributed by atoms with Crippen molar-refractivity contribution in [2.45, 2.75) is 24.9 Å². The lowest BCUT2D eigenvalue weighted by atomic mass is 10.1. The van der Waals surface area contributed by atoms with E-state index in [0.29, 0.717) is 6.21 Å². The Morgan fingerprint density at radius 3 is 2.38 bits per heavy atom. The monoisotopic (exact) mass is 307 g/mol. The second kappa shape index (κ2) is 7.16. The summed E-state index contributed by atoms with van der Waals surface area (Å²) >= 11 is 0. The van der Waals surface area contributed by atoms with Crippen LogP contribution in [0.4, 0.5) is 17.6 Å². The summed E-state index contributed by atoms with van der Waals surface area (Å²) in [6.45, 7) is -0.506. The van der Waals surface area contributed by atoms with Crippen LogP contribution >= 0.6 is 0 Å². The van der Waals surface area contributed by atoms with Crippen molar-refractivity contribution in [3.8, 4) is 0 Å². The number of hydrogen-bond donors (Lipinski definition) is 2. The molecule has 0 aliphatic rings. The molecule has 0 heterocycles. The van der Waals surface area contributed by atoms with Gasteiger partial charge in [0.2, 0.25) is 0 Å². The van der Waals surface area contributed by atoms with Crippen LogP contribution < -0.4 is 0 Å². The predicted molar refractivity (Wildman–Crippen MR) is 66.0 cm³/mol. The molecule has 116 valence electrons. The highest BCUT2D eigenvalue weighted by Crippen LogP contribution is 2.29. The third-order valence-corrected chi connectivity index (χ3v) is 2.53. The van der Waals surface area contributed by atoms with Gasteiger partial charge in [0.25, 0.3) is 0 Å². The van der Waals surface area contributed by atoms with Crippen LogP contribution in [0.15, 0.2) is 24.3 Å². The summed E-state index contributed by atoms with van der Waals surface area (Å²) < 4.78 is 54.4. The summed E-state index contributed by atoms with van der Waals surface area (Å²) in [4.78, 5) is 11.5. The average molecular weight is 307 g/mol. The van der Waals surface area contributed by atoms with Crippen LogP contribution in [0.2, 0.25) is 0 Å². The van der Waals surface area contributed by atoms with Gasteiger partial charge in [0.05, 0.1) is 17.2 Å². The zero-order chi connectivity index (χ0) is 16.0. The maximum Gasteiger partial charge on any atom is 0.416 e. The van der Waals surface area contributed by atoms with Gasteiger partial charge in [-0.15, -0.1) is 0 Å². The molecule has 0 bridgehead atoms. The van der Waals surface area contributed by atoms with E-state index in [-0.39, 0.29) is 5.56 Å². The van der Waals surface area contributed by atoms with Crippen molar-refractivity contribution >= 4 is 12.2 Å². The minimum Gasteiger partial charge on any atom is -0.459 e. The second-order valence-electron chi connectivity index (χ2n) is 4.25. The minimum absolute atomic E-state index is 0.112. The standard InChI is InChI=1S/C13H13F4NO3/c14-10(6-18)5-11(19)7-21-12(20)8-1-3-9(4-2-8)13(15,16)17/h1-4,6,10-11,18-19H,5,7H2. The number of alkyl halides is 4. The maximum atomic E-state index is 12.7. The highest BCUT2D eigenvalue weighted by Gasteiger charge is 2.30. The lowest BCUT2D eigenvalue weighted by Gasteiger charge is -2.12. The van der Waals surface area contributed by atoms with Crippen molar-refractivity contribution in [3.05, 3.63) is 35.4 Å². The van der Waals surface area contributed by atoms with Gasteiger partial charge in [0.15, 0.2) is 0 Å². The molecule has 8 heteroatoms. The van der Waals surface area contributed by atoms with E-state index in [0.717, 1.165) is 24.3 Å². The molecule has 2 N–H and O–H groups in total. The van der Waals surface area contributed by atoms with E-state index >= 15 is 0 Å². The number of carbonyl (C=O) groups is 1. The number of benzene rings is 1. The predicted octanol–water partition coefficient (Wildman–Crippen LogP) is 2.60. The van der Waals surface area contributed by atoms with Crippen molar-refractivity contribution in [2.75, 3.05) is 6.61 Å². The smallest absolute Gasteiger partial charge is 0.416 e. The summed E-state index contributed by atoms with van der Waals surface area (Å²) in [6.07, 6.45) is -7.34. The maximum absolute atomic E-state index is 12.7. The number of ether oxygens (including phenoxy) is 1. The Morgan fingerprint density at radius 2 is 1.90 bits per heavy atom. The van der Waals surface area contributed by atoms with Crippen molar-refractivity contribution in [3.63, 3.8) is 0 Å². The van der Waals surface area contributed by atoms with E-state index < -0.39 is 43.0 Å². The lowest BCUT2D eigenvalue weighted by molar-refractivity contribution is -0.137. The van der Waals surface area contributed by atoms with E-state index in [1.165, 1.54) is 0 Å². The number of nitrogens with one attached hydrogen (secondary N) is 1. The third kappa shape index (κ3) is 5.50. The molecular formula is C13H13F4NO3. The first-order chi connectivity index (χ1) is 9.74. The van der Waals surface area contributed by atoms with Gasteiger partial charge < -0.3 is 15.3 Å². The number of hydrogen-bond acceptors (Lipinski definition) is 4. The van der Waals surface area contributed by atoms with Gasteiger partial charge in [-0.3, -0.25) is 0 Å². The molecule has 1 aromatic carbocycles. The summed E-state index contributed by atoms with van der Waals surface area (Å²) in [7, 11) is 0. The highest BCUT2D eigenvalue weighted by molar-refractivity contribution is 5.89. The number of rotatable bonds is 6. The first-order valence-corrected chi connectivity index (χ1v) is 5.91. The van der Waals surface area contributed by atoms with Crippen molar-refractivity contribution < 1.29 is 32.2 Å². The van der Waals surface area contributed by atoms with Crippen LogP contribution in [0.3, 0.4) is 0 Å². The number of halogens is 4.